The van der Waals surface area contributed by atoms with E-state index in [4.69, 9.17) is 9.47 Å². The Morgan fingerprint density at radius 2 is 2.00 bits per heavy atom. The number of methoxy groups -OCH3 is 1. The van der Waals surface area contributed by atoms with E-state index in [0.29, 0.717) is 13.2 Å². The molecule has 0 bridgehead atoms. The molecule has 6 nitrogen and oxygen atoms in total. The van der Waals surface area contributed by atoms with E-state index in [2.05, 4.69) is 5.32 Å². The van der Waals surface area contributed by atoms with Crippen LogP contribution in [-0.2, 0) is 19.1 Å². The molecule has 0 aromatic rings. The van der Waals surface area contributed by atoms with Gasteiger partial charge in [-0.05, 0) is 13.8 Å². The summed E-state index contributed by atoms with van der Waals surface area (Å²) in [7, 11) is 3.13. The lowest BCUT2D eigenvalue weighted by molar-refractivity contribution is -0.139. The van der Waals surface area contributed by atoms with Crippen LogP contribution in [0.3, 0.4) is 0 Å². The molecule has 0 aliphatic heterocycles. The quantitative estimate of drug-likeness (QED) is 0.593. The maximum absolute atomic E-state index is 11.5. The molecule has 0 saturated heterocycles. The highest BCUT2D eigenvalue weighted by molar-refractivity contribution is 5.85. The van der Waals surface area contributed by atoms with Gasteiger partial charge in [0.15, 0.2) is 0 Å². The summed E-state index contributed by atoms with van der Waals surface area (Å²) in [4.78, 5) is 24.2. The number of rotatable bonds is 8. The number of carbonyl (C=O) groups excluding carboxylic acids is 2. The second kappa shape index (κ2) is 8.95. The highest BCUT2D eigenvalue weighted by Crippen LogP contribution is 1.91. The van der Waals surface area contributed by atoms with Gasteiger partial charge in [-0.25, -0.2) is 0 Å². The summed E-state index contributed by atoms with van der Waals surface area (Å²) in [6.07, 6.45) is 0.00267. The number of ether oxygens (including phenoxy) is 2. The molecule has 100 valence electrons. The third-order valence-electron chi connectivity index (χ3n) is 1.98. The van der Waals surface area contributed by atoms with Gasteiger partial charge in [-0.3, -0.25) is 9.59 Å². The van der Waals surface area contributed by atoms with Gasteiger partial charge in [-0.1, -0.05) is 0 Å². The molecule has 1 N–H and O–H groups in total. The second-order valence-electron chi connectivity index (χ2n) is 3.95. The predicted octanol–water partition coefficient (Wildman–Crippen LogP) is -0.368. The average Bonchev–Trinajstić information content (AvgIpc) is 2.26. The Bertz CT molecular complexity index is 244. The van der Waals surface area contributed by atoms with Gasteiger partial charge in [-0.15, -0.1) is 0 Å². The maximum atomic E-state index is 11.5. The Morgan fingerprint density at radius 1 is 1.35 bits per heavy atom. The molecular weight excluding hydrogens is 224 g/mol. The number of carbonyl (C=O) groups is 2. The number of nitrogens with zero attached hydrogens (tertiary/aromatic N) is 1. The van der Waals surface area contributed by atoms with E-state index < -0.39 is 0 Å². The Balaban J connectivity index is 3.78. The molecular formula is C11H22N2O4. The Kier molecular flexibility index (Phi) is 8.35. The van der Waals surface area contributed by atoms with Crippen molar-refractivity contribution < 1.29 is 19.1 Å². The number of nitrogens with one attached hydrogen (secondary N) is 1. The van der Waals surface area contributed by atoms with Gasteiger partial charge in [0, 0.05) is 20.7 Å². The standard InChI is InChI=1S/C11H22N2O4/c1-9(2)17-8-11(15)13(3)7-10(14)12-5-6-16-4/h9H,5-8H2,1-4H3,(H,12,14). The summed E-state index contributed by atoms with van der Waals surface area (Å²) in [6, 6.07) is 0. The summed E-state index contributed by atoms with van der Waals surface area (Å²) in [5.74, 6) is -0.414. The van der Waals surface area contributed by atoms with Crippen molar-refractivity contribution in [3.63, 3.8) is 0 Å². The van der Waals surface area contributed by atoms with Crippen molar-refractivity contribution in [3.05, 3.63) is 0 Å². The van der Waals surface area contributed by atoms with Crippen LogP contribution < -0.4 is 5.32 Å². The van der Waals surface area contributed by atoms with Crippen LogP contribution in [-0.4, -0.2) is 63.3 Å². The molecule has 0 atom stereocenters. The third kappa shape index (κ3) is 8.65. The van der Waals surface area contributed by atoms with E-state index >= 15 is 0 Å². The highest BCUT2D eigenvalue weighted by Gasteiger charge is 2.13. The zero-order valence-corrected chi connectivity index (χ0v) is 11.0. The minimum absolute atomic E-state index is 0.000478. The van der Waals surface area contributed by atoms with Gasteiger partial charge in [0.25, 0.3) is 0 Å². The maximum Gasteiger partial charge on any atom is 0.248 e. The minimum Gasteiger partial charge on any atom is -0.383 e. The number of likely N-dealkylation sites (N-methyl/N-ethyl adjacent to an activating group) is 1. The first-order chi connectivity index (χ1) is 7.97. The van der Waals surface area contributed by atoms with Crippen LogP contribution in [0.4, 0.5) is 0 Å². The molecule has 6 heteroatoms. The molecule has 0 aliphatic rings. The molecule has 2 amide bonds. The van der Waals surface area contributed by atoms with E-state index in [1.807, 2.05) is 13.8 Å². The Morgan fingerprint density at radius 3 is 2.53 bits per heavy atom. The summed E-state index contributed by atoms with van der Waals surface area (Å²) in [5, 5.41) is 2.64. The van der Waals surface area contributed by atoms with Gasteiger partial charge in [-0.2, -0.15) is 0 Å². The molecule has 0 rings (SSSR count). The van der Waals surface area contributed by atoms with E-state index in [0.717, 1.165) is 0 Å². The number of hydrogen-bond acceptors (Lipinski definition) is 4. The van der Waals surface area contributed by atoms with Crippen LogP contribution >= 0.6 is 0 Å². The zero-order chi connectivity index (χ0) is 13.3. The fourth-order valence-electron chi connectivity index (χ4n) is 1.00. The highest BCUT2D eigenvalue weighted by atomic mass is 16.5. The molecule has 0 unspecified atom stereocenters. The molecule has 0 radical (unpaired) electrons. The van der Waals surface area contributed by atoms with Crippen molar-refractivity contribution in [1.82, 2.24) is 10.2 Å². The van der Waals surface area contributed by atoms with Crippen LogP contribution in [0.1, 0.15) is 13.8 Å². The van der Waals surface area contributed by atoms with Gasteiger partial charge in [0.1, 0.15) is 6.61 Å². The fourth-order valence-corrected chi connectivity index (χ4v) is 1.00. The van der Waals surface area contributed by atoms with Crippen molar-refractivity contribution in [2.24, 2.45) is 0 Å². The topological polar surface area (TPSA) is 67.9 Å². The van der Waals surface area contributed by atoms with E-state index in [9.17, 15) is 9.59 Å². The van der Waals surface area contributed by atoms with Crippen LogP contribution in [0.5, 0.6) is 0 Å². The Labute approximate surface area is 102 Å². The summed E-state index contributed by atoms with van der Waals surface area (Å²) < 4.78 is 9.96. The van der Waals surface area contributed by atoms with Gasteiger partial charge >= 0.3 is 0 Å². The van der Waals surface area contributed by atoms with E-state index in [1.165, 1.54) is 4.90 Å². The van der Waals surface area contributed by atoms with Crippen molar-refractivity contribution in [1.29, 1.82) is 0 Å². The molecule has 0 aromatic carbocycles. The summed E-state index contributed by atoms with van der Waals surface area (Å²) in [5.41, 5.74) is 0. The predicted molar refractivity (Wildman–Crippen MR) is 63.6 cm³/mol. The minimum atomic E-state index is -0.208. The normalized spacial score (nSPS) is 10.4. The smallest absolute Gasteiger partial charge is 0.248 e. The first-order valence-electron chi connectivity index (χ1n) is 5.58. The number of amides is 2. The average molecular weight is 246 g/mol. The molecule has 0 saturated carbocycles. The fraction of sp³-hybridized carbons (Fsp3) is 0.818. The van der Waals surface area contributed by atoms with Crippen molar-refractivity contribution in [3.8, 4) is 0 Å². The van der Waals surface area contributed by atoms with Crippen LogP contribution in [0.25, 0.3) is 0 Å². The van der Waals surface area contributed by atoms with Crippen LogP contribution in [0.2, 0.25) is 0 Å². The van der Waals surface area contributed by atoms with Crippen molar-refractivity contribution in [2.45, 2.75) is 20.0 Å². The molecule has 0 fully saturated rings. The first kappa shape index (κ1) is 15.9. The van der Waals surface area contributed by atoms with Crippen LogP contribution in [0, 0.1) is 0 Å². The van der Waals surface area contributed by atoms with Crippen molar-refractivity contribution in [2.75, 3.05) is 40.5 Å². The summed E-state index contributed by atoms with van der Waals surface area (Å²) in [6.45, 7) is 4.64. The van der Waals surface area contributed by atoms with E-state index in [1.54, 1.807) is 14.2 Å². The lowest BCUT2D eigenvalue weighted by atomic mass is 10.4. The van der Waals surface area contributed by atoms with Crippen LogP contribution in [0.15, 0.2) is 0 Å². The van der Waals surface area contributed by atoms with Gasteiger partial charge in [0.05, 0.1) is 19.3 Å². The lowest BCUT2D eigenvalue weighted by Crippen LogP contribution is -2.40. The zero-order valence-electron chi connectivity index (χ0n) is 11.0. The lowest BCUT2D eigenvalue weighted by Gasteiger charge is -2.17. The van der Waals surface area contributed by atoms with Gasteiger partial charge in [0.2, 0.25) is 11.8 Å². The summed E-state index contributed by atoms with van der Waals surface area (Å²) >= 11 is 0. The number of hydrogen-bond donors (Lipinski definition) is 1. The Hall–Kier alpha value is -1.14. The second-order valence-corrected chi connectivity index (χ2v) is 3.95. The largest absolute Gasteiger partial charge is 0.383 e. The third-order valence-corrected chi connectivity index (χ3v) is 1.98. The molecule has 0 aromatic heterocycles. The molecule has 17 heavy (non-hydrogen) atoms. The first-order valence-corrected chi connectivity index (χ1v) is 5.58. The van der Waals surface area contributed by atoms with E-state index in [-0.39, 0.29) is 31.1 Å². The van der Waals surface area contributed by atoms with Crippen molar-refractivity contribution >= 4 is 11.8 Å². The monoisotopic (exact) mass is 246 g/mol. The molecule has 0 aliphatic carbocycles. The molecule has 0 spiro atoms. The van der Waals surface area contributed by atoms with Gasteiger partial charge < -0.3 is 19.7 Å². The molecule has 0 heterocycles. The SMILES string of the molecule is COCCNC(=O)CN(C)C(=O)COC(C)C.